The van der Waals surface area contributed by atoms with E-state index in [1.165, 1.54) is 17.3 Å². The van der Waals surface area contributed by atoms with E-state index < -0.39 is 5.97 Å². The summed E-state index contributed by atoms with van der Waals surface area (Å²) in [6, 6.07) is 7.46. The van der Waals surface area contributed by atoms with Crippen molar-refractivity contribution in [3.8, 4) is 11.8 Å². The van der Waals surface area contributed by atoms with Gasteiger partial charge in [0.2, 0.25) is 0 Å². The number of carbonyl (C=O) groups is 1. The first-order valence-corrected chi connectivity index (χ1v) is 13.0. The molecule has 1 aliphatic carbocycles. The Labute approximate surface area is 223 Å². The number of aryl methyl sites for hydroxylation is 1. The Morgan fingerprint density at radius 3 is 2.70 bits per heavy atom. The molecular formula is C26H26ClN7O2S. The molecule has 1 aromatic carbocycles. The fourth-order valence-corrected chi connectivity index (χ4v) is 6.31. The molecule has 190 valence electrons. The fourth-order valence-electron chi connectivity index (χ4n) is 5.22. The van der Waals surface area contributed by atoms with Crippen LogP contribution in [0.4, 0.5) is 17.5 Å². The van der Waals surface area contributed by atoms with Gasteiger partial charge in [-0.3, -0.25) is 0 Å². The predicted octanol–water partition coefficient (Wildman–Crippen LogP) is 3.43. The van der Waals surface area contributed by atoms with Crippen molar-refractivity contribution in [1.82, 2.24) is 15.0 Å². The van der Waals surface area contributed by atoms with Gasteiger partial charge in [-0.2, -0.15) is 0 Å². The molecule has 0 unspecified atom stereocenters. The van der Waals surface area contributed by atoms with Crippen molar-refractivity contribution in [3.05, 3.63) is 57.9 Å². The van der Waals surface area contributed by atoms with Gasteiger partial charge in [0.25, 0.3) is 0 Å². The van der Waals surface area contributed by atoms with Gasteiger partial charge in [0.15, 0.2) is 11.6 Å². The number of nitrogen functional groups attached to an aromatic ring is 2. The Balaban J connectivity index is 1.31. The number of hydrogen-bond acceptors (Lipinski definition) is 9. The normalized spacial score (nSPS) is 17.8. The van der Waals surface area contributed by atoms with Gasteiger partial charge in [0.1, 0.15) is 10.8 Å². The third kappa shape index (κ3) is 4.78. The second-order valence-electron chi connectivity index (χ2n) is 9.41. The van der Waals surface area contributed by atoms with E-state index in [-0.39, 0.29) is 17.3 Å². The largest absolute Gasteiger partial charge is 0.472 e. The number of nitrogens with zero attached hydrogens (tertiary/aromatic N) is 4. The number of aliphatic carboxylic acids is 1. The number of piperidine rings is 1. The molecule has 0 bridgehead atoms. The Bertz CT molecular complexity index is 1460. The Morgan fingerprint density at radius 1 is 1.22 bits per heavy atom. The number of carboxylic acids is 1. The van der Waals surface area contributed by atoms with Crippen LogP contribution in [0.1, 0.15) is 41.3 Å². The molecule has 37 heavy (non-hydrogen) atoms. The van der Waals surface area contributed by atoms with Crippen LogP contribution in [0, 0.1) is 24.2 Å². The van der Waals surface area contributed by atoms with E-state index in [4.69, 9.17) is 43.9 Å². The van der Waals surface area contributed by atoms with E-state index >= 15 is 0 Å². The highest BCUT2D eigenvalue weighted by molar-refractivity contribution is 7.99. The van der Waals surface area contributed by atoms with Crippen LogP contribution in [0.5, 0.6) is 0 Å². The summed E-state index contributed by atoms with van der Waals surface area (Å²) < 4.78 is 0. The molecule has 1 fully saturated rings. The predicted molar refractivity (Wildman–Crippen MR) is 144 cm³/mol. The summed E-state index contributed by atoms with van der Waals surface area (Å²) in [6.45, 7) is 3.48. The van der Waals surface area contributed by atoms with E-state index in [2.05, 4.69) is 21.7 Å². The lowest BCUT2D eigenvalue weighted by atomic mass is 9.73. The molecule has 11 heteroatoms. The smallest absolute Gasteiger partial charge is 0.382 e. The highest BCUT2D eigenvalue weighted by Crippen LogP contribution is 2.51. The first kappa shape index (κ1) is 25.1. The number of hydrogen-bond donors (Lipinski definition) is 4. The second kappa shape index (κ2) is 9.74. The standard InChI is InChI=1S/C26H26ClN7O2S/c1-14-24(33-23(30)25(32-14)37-18-6-9-31-22(29)20(18)27)34-10-7-26(8-11-34)13-16-4-2-15(3-5-19(35)36)12-17(16)21(26)28/h2,4,6,9,12,21H,7-8,10-11,13,28H2,1H3,(H2,29,31)(H2,30,33)(H,35,36)/t21-/m1/s1. The van der Waals surface area contributed by atoms with Crippen LogP contribution in [0.25, 0.3) is 0 Å². The molecule has 3 heterocycles. The lowest BCUT2D eigenvalue weighted by molar-refractivity contribution is -0.130. The van der Waals surface area contributed by atoms with E-state index in [9.17, 15) is 4.79 Å². The van der Waals surface area contributed by atoms with Crippen LogP contribution < -0.4 is 22.1 Å². The van der Waals surface area contributed by atoms with Crippen molar-refractivity contribution in [2.24, 2.45) is 11.1 Å². The number of pyridine rings is 1. The molecule has 2 aromatic heterocycles. The number of rotatable bonds is 3. The highest BCUT2D eigenvalue weighted by atomic mass is 35.5. The summed E-state index contributed by atoms with van der Waals surface area (Å²) in [7, 11) is 0. The van der Waals surface area contributed by atoms with E-state index in [0.29, 0.717) is 26.3 Å². The van der Waals surface area contributed by atoms with Gasteiger partial charge < -0.3 is 27.2 Å². The average Bonchev–Trinajstić information content (AvgIpc) is 3.14. The minimum absolute atomic E-state index is 0.0572. The van der Waals surface area contributed by atoms with Crippen LogP contribution in [-0.4, -0.2) is 39.1 Å². The number of halogens is 1. The number of carboxylic acid groups (broad SMARTS) is 1. The minimum atomic E-state index is -1.15. The minimum Gasteiger partial charge on any atom is -0.472 e. The third-order valence-corrected chi connectivity index (χ3v) is 8.74. The molecule has 0 amide bonds. The van der Waals surface area contributed by atoms with Crippen LogP contribution in [0.3, 0.4) is 0 Å². The molecule has 1 saturated heterocycles. The van der Waals surface area contributed by atoms with E-state index in [0.717, 1.165) is 49.4 Å². The molecule has 2 aliphatic rings. The van der Waals surface area contributed by atoms with Gasteiger partial charge in [0.05, 0.1) is 10.7 Å². The maximum absolute atomic E-state index is 10.8. The van der Waals surface area contributed by atoms with Crippen molar-refractivity contribution in [3.63, 3.8) is 0 Å². The maximum atomic E-state index is 10.8. The summed E-state index contributed by atoms with van der Waals surface area (Å²) in [5, 5.41) is 9.78. The first-order chi connectivity index (χ1) is 17.7. The summed E-state index contributed by atoms with van der Waals surface area (Å²) >= 11 is 7.60. The summed E-state index contributed by atoms with van der Waals surface area (Å²) in [5.41, 5.74) is 22.6. The topological polar surface area (TPSA) is 157 Å². The molecule has 0 saturated carbocycles. The molecule has 7 N–H and O–H groups in total. The average molecular weight is 536 g/mol. The first-order valence-electron chi connectivity index (χ1n) is 11.8. The van der Waals surface area contributed by atoms with Gasteiger partial charge in [-0.25, -0.2) is 19.7 Å². The Hall–Kier alpha value is -3.52. The SMILES string of the molecule is Cc1nc(Sc2ccnc(N)c2Cl)c(N)nc1N1CCC2(CC1)Cc1ccc(C#CC(=O)O)cc1[C@H]2N. The second-order valence-corrected chi connectivity index (χ2v) is 10.8. The van der Waals surface area contributed by atoms with Gasteiger partial charge in [0, 0.05) is 41.7 Å². The molecule has 9 nitrogen and oxygen atoms in total. The van der Waals surface area contributed by atoms with E-state index in [1.807, 2.05) is 25.1 Å². The van der Waals surface area contributed by atoms with Gasteiger partial charge in [-0.15, -0.1) is 0 Å². The number of benzene rings is 1. The Kier molecular flexibility index (Phi) is 6.62. The highest BCUT2D eigenvalue weighted by Gasteiger charge is 2.46. The zero-order valence-electron chi connectivity index (χ0n) is 20.2. The van der Waals surface area contributed by atoms with Gasteiger partial charge >= 0.3 is 5.97 Å². The van der Waals surface area contributed by atoms with Crippen LogP contribution in [0.15, 0.2) is 40.4 Å². The number of fused-ring (bicyclic) bond motifs is 1. The molecule has 5 rings (SSSR count). The van der Waals surface area contributed by atoms with Crippen molar-refractivity contribution in [2.45, 2.75) is 42.1 Å². The monoisotopic (exact) mass is 535 g/mol. The van der Waals surface area contributed by atoms with Gasteiger partial charge in [-0.05, 0) is 60.9 Å². The third-order valence-electron chi connectivity index (χ3n) is 7.18. The summed E-state index contributed by atoms with van der Waals surface area (Å²) in [4.78, 5) is 27.1. The van der Waals surface area contributed by atoms with Crippen molar-refractivity contribution in [1.29, 1.82) is 0 Å². The summed E-state index contributed by atoms with van der Waals surface area (Å²) in [5.74, 6) is 5.08. The lowest BCUT2D eigenvalue weighted by Crippen LogP contribution is -2.45. The molecule has 1 aliphatic heterocycles. The van der Waals surface area contributed by atoms with Crippen molar-refractivity contribution in [2.75, 3.05) is 29.5 Å². The van der Waals surface area contributed by atoms with Crippen LogP contribution in [0.2, 0.25) is 5.02 Å². The zero-order valence-corrected chi connectivity index (χ0v) is 21.7. The number of nitrogens with two attached hydrogens (primary N) is 3. The quantitative estimate of drug-likeness (QED) is 0.366. The Morgan fingerprint density at radius 2 is 1.97 bits per heavy atom. The molecule has 1 spiro atoms. The van der Waals surface area contributed by atoms with E-state index in [1.54, 1.807) is 12.3 Å². The van der Waals surface area contributed by atoms with Crippen molar-refractivity contribution >= 4 is 46.8 Å². The molecule has 3 aromatic rings. The molecule has 0 radical (unpaired) electrons. The summed E-state index contributed by atoms with van der Waals surface area (Å²) in [6.07, 6.45) is 4.27. The molecular weight excluding hydrogens is 510 g/mol. The number of aromatic nitrogens is 3. The van der Waals surface area contributed by atoms with Crippen LogP contribution in [-0.2, 0) is 11.2 Å². The van der Waals surface area contributed by atoms with Crippen molar-refractivity contribution < 1.29 is 9.90 Å². The lowest BCUT2D eigenvalue weighted by Gasteiger charge is -2.42. The maximum Gasteiger partial charge on any atom is 0.382 e. The fraction of sp³-hybridized carbons (Fsp3) is 0.308. The van der Waals surface area contributed by atoms with Crippen LogP contribution >= 0.6 is 23.4 Å². The zero-order chi connectivity index (χ0) is 26.3. The van der Waals surface area contributed by atoms with Gasteiger partial charge in [-0.1, -0.05) is 35.3 Å². The number of anilines is 3. The molecule has 1 atom stereocenters.